The lowest BCUT2D eigenvalue weighted by Crippen LogP contribution is -2.39. The van der Waals surface area contributed by atoms with Gasteiger partial charge in [0.05, 0.1) is 0 Å². The third kappa shape index (κ3) is 2.74. The Labute approximate surface area is 133 Å². The van der Waals surface area contributed by atoms with Gasteiger partial charge >= 0.3 is 6.03 Å². The molecule has 7 heteroatoms. The van der Waals surface area contributed by atoms with Gasteiger partial charge in [0.2, 0.25) is 0 Å². The number of para-hydroxylation sites is 1. The number of carbonyl (C=O) groups is 2. The van der Waals surface area contributed by atoms with Crippen LogP contribution in [0.3, 0.4) is 0 Å². The van der Waals surface area contributed by atoms with E-state index in [1.807, 2.05) is 0 Å². The summed E-state index contributed by atoms with van der Waals surface area (Å²) >= 11 is 0. The molecule has 0 radical (unpaired) electrons. The Morgan fingerprint density at radius 1 is 0.913 bits per heavy atom. The van der Waals surface area contributed by atoms with Gasteiger partial charge in [-0.15, -0.1) is 4.31 Å². The summed E-state index contributed by atoms with van der Waals surface area (Å²) in [4.78, 5) is 24.0. The first kappa shape index (κ1) is 15.0. The van der Waals surface area contributed by atoms with Crippen LogP contribution in [0.5, 0.6) is 0 Å². The topological polar surface area (TPSA) is 83.6 Å². The van der Waals surface area contributed by atoms with Crippen molar-refractivity contribution < 1.29 is 18.0 Å². The van der Waals surface area contributed by atoms with Crippen molar-refractivity contribution in [2.75, 3.05) is 5.32 Å². The lowest BCUT2D eigenvalue weighted by atomic mass is 10.2. The van der Waals surface area contributed by atoms with E-state index in [0.717, 1.165) is 6.08 Å². The first-order valence-corrected chi connectivity index (χ1v) is 8.16. The van der Waals surface area contributed by atoms with Crippen molar-refractivity contribution in [3.63, 3.8) is 0 Å². The summed E-state index contributed by atoms with van der Waals surface area (Å²) in [6, 6.07) is 15.5. The van der Waals surface area contributed by atoms with Crippen molar-refractivity contribution in [3.8, 4) is 0 Å². The molecule has 23 heavy (non-hydrogen) atoms. The molecule has 0 unspecified atom stereocenters. The summed E-state index contributed by atoms with van der Waals surface area (Å²) in [6.07, 6.45) is 0.954. The minimum absolute atomic E-state index is 0.189. The highest BCUT2D eigenvalue weighted by atomic mass is 32.2. The fraction of sp³-hybridized carbons (Fsp3) is 0. The van der Waals surface area contributed by atoms with E-state index in [1.165, 1.54) is 0 Å². The van der Waals surface area contributed by atoms with Crippen LogP contribution in [0.25, 0.3) is 4.91 Å². The van der Waals surface area contributed by atoms with Crippen LogP contribution < -0.4 is 5.32 Å². The first-order chi connectivity index (χ1) is 11.0. The average Bonchev–Trinajstić information content (AvgIpc) is 2.78. The average molecular weight is 328 g/mol. The number of hydrogen-bond donors (Lipinski definition) is 1. The Bertz CT molecular complexity index is 890. The smallest absolute Gasteiger partial charge is 0.307 e. The number of carbonyl (C=O) groups excluding carboxylic acids is 2. The molecule has 2 aromatic rings. The predicted molar refractivity (Wildman–Crippen MR) is 85.6 cm³/mol. The Kier molecular flexibility index (Phi) is 3.71. The molecular weight excluding hydrogens is 316 g/mol. The molecule has 0 atom stereocenters. The largest absolute Gasteiger partial charge is 0.343 e. The van der Waals surface area contributed by atoms with Crippen molar-refractivity contribution in [1.29, 1.82) is 0 Å². The quantitative estimate of drug-likeness (QED) is 0.918. The SMILES string of the molecule is O=C1C=C(c2ccccc2)S(=O)(=O)N1C(=O)Nc1ccccc1. The molecule has 116 valence electrons. The zero-order valence-electron chi connectivity index (χ0n) is 11.8. The number of hydrogen-bond acceptors (Lipinski definition) is 4. The van der Waals surface area contributed by atoms with E-state index < -0.39 is 22.0 Å². The molecule has 0 fully saturated rings. The zero-order valence-corrected chi connectivity index (χ0v) is 12.7. The molecule has 6 nitrogen and oxygen atoms in total. The number of amides is 3. The molecule has 1 N–H and O–H groups in total. The third-order valence-electron chi connectivity index (χ3n) is 3.24. The van der Waals surface area contributed by atoms with Crippen LogP contribution in [0.1, 0.15) is 5.56 Å². The van der Waals surface area contributed by atoms with Gasteiger partial charge in [0.25, 0.3) is 15.9 Å². The monoisotopic (exact) mass is 328 g/mol. The van der Waals surface area contributed by atoms with Gasteiger partial charge in [-0.05, 0) is 17.7 Å². The van der Waals surface area contributed by atoms with Crippen molar-refractivity contribution >= 4 is 32.6 Å². The second-order valence-corrected chi connectivity index (χ2v) is 6.53. The van der Waals surface area contributed by atoms with E-state index in [1.54, 1.807) is 60.7 Å². The van der Waals surface area contributed by atoms with Crippen molar-refractivity contribution in [3.05, 3.63) is 72.3 Å². The maximum atomic E-state index is 12.5. The van der Waals surface area contributed by atoms with Crippen molar-refractivity contribution in [1.82, 2.24) is 4.31 Å². The maximum Gasteiger partial charge on any atom is 0.343 e. The summed E-state index contributed by atoms with van der Waals surface area (Å²) in [5.41, 5.74) is 0.754. The number of benzene rings is 2. The number of nitrogens with zero attached hydrogens (tertiary/aromatic N) is 1. The Hall–Kier alpha value is -2.93. The van der Waals surface area contributed by atoms with Crippen LogP contribution in [0.15, 0.2) is 66.7 Å². The maximum absolute atomic E-state index is 12.5. The molecule has 0 spiro atoms. The number of urea groups is 1. The van der Waals surface area contributed by atoms with Gasteiger partial charge < -0.3 is 5.32 Å². The number of rotatable bonds is 2. The molecule has 3 rings (SSSR count). The van der Waals surface area contributed by atoms with Gasteiger partial charge in [-0.3, -0.25) is 4.79 Å². The van der Waals surface area contributed by atoms with E-state index in [4.69, 9.17) is 0 Å². The first-order valence-electron chi connectivity index (χ1n) is 6.72. The molecular formula is C16H12N2O4S. The fourth-order valence-corrected chi connectivity index (χ4v) is 3.64. The second-order valence-electron chi connectivity index (χ2n) is 4.78. The number of imide groups is 1. The summed E-state index contributed by atoms with van der Waals surface area (Å²) in [5, 5.41) is 2.40. The van der Waals surface area contributed by atoms with E-state index in [-0.39, 0.29) is 9.21 Å². The normalized spacial score (nSPS) is 16.1. The van der Waals surface area contributed by atoms with E-state index in [0.29, 0.717) is 11.3 Å². The van der Waals surface area contributed by atoms with Gasteiger partial charge in [-0.25, -0.2) is 13.2 Å². The lowest BCUT2D eigenvalue weighted by Gasteiger charge is -2.15. The molecule has 1 aliphatic heterocycles. The summed E-state index contributed by atoms with van der Waals surface area (Å²) < 4.78 is 25.3. The Balaban J connectivity index is 1.91. The van der Waals surface area contributed by atoms with Crippen LogP contribution in [-0.4, -0.2) is 24.7 Å². The molecule has 1 aliphatic rings. The molecule has 1 heterocycles. The van der Waals surface area contributed by atoms with Crippen molar-refractivity contribution in [2.24, 2.45) is 0 Å². The predicted octanol–water partition coefficient (Wildman–Crippen LogP) is 2.43. The molecule has 3 amide bonds. The standard InChI is InChI=1S/C16H12N2O4S/c19-15-11-14(12-7-3-1-4-8-12)23(21,22)18(15)16(20)17-13-9-5-2-6-10-13/h1-11H,(H,17,20). The summed E-state index contributed by atoms with van der Waals surface area (Å²) in [6.45, 7) is 0. The molecule has 0 saturated heterocycles. The highest BCUT2D eigenvalue weighted by molar-refractivity contribution is 8.00. The highest BCUT2D eigenvalue weighted by Crippen LogP contribution is 2.30. The van der Waals surface area contributed by atoms with Crippen LogP contribution in [0.4, 0.5) is 10.5 Å². The third-order valence-corrected chi connectivity index (χ3v) is 4.98. The number of sulfonamides is 1. The van der Waals surface area contributed by atoms with Gasteiger partial charge in [0.15, 0.2) is 0 Å². The van der Waals surface area contributed by atoms with Crippen LogP contribution in [0, 0.1) is 0 Å². The van der Waals surface area contributed by atoms with Gasteiger partial charge in [0.1, 0.15) is 4.91 Å². The van der Waals surface area contributed by atoms with E-state index in [2.05, 4.69) is 5.32 Å². The minimum atomic E-state index is -4.22. The van der Waals surface area contributed by atoms with E-state index in [9.17, 15) is 18.0 Å². The second kappa shape index (κ2) is 5.69. The van der Waals surface area contributed by atoms with Crippen LogP contribution in [0.2, 0.25) is 0 Å². The van der Waals surface area contributed by atoms with E-state index >= 15 is 0 Å². The fourth-order valence-electron chi connectivity index (χ4n) is 2.20. The molecule has 0 aliphatic carbocycles. The number of anilines is 1. The lowest BCUT2D eigenvalue weighted by molar-refractivity contribution is -0.119. The Morgan fingerprint density at radius 2 is 1.48 bits per heavy atom. The number of nitrogens with one attached hydrogen (secondary N) is 1. The van der Waals surface area contributed by atoms with Crippen LogP contribution in [-0.2, 0) is 14.8 Å². The van der Waals surface area contributed by atoms with Gasteiger partial charge in [-0.1, -0.05) is 48.5 Å². The highest BCUT2D eigenvalue weighted by Gasteiger charge is 2.42. The minimum Gasteiger partial charge on any atom is -0.307 e. The van der Waals surface area contributed by atoms with Crippen molar-refractivity contribution in [2.45, 2.75) is 0 Å². The molecule has 0 aromatic heterocycles. The summed E-state index contributed by atoms with van der Waals surface area (Å²) in [7, 11) is -4.22. The summed E-state index contributed by atoms with van der Waals surface area (Å²) in [5.74, 6) is -0.891. The van der Waals surface area contributed by atoms with Gasteiger partial charge in [-0.2, -0.15) is 0 Å². The van der Waals surface area contributed by atoms with Gasteiger partial charge in [0, 0.05) is 11.8 Å². The zero-order chi connectivity index (χ0) is 16.4. The van der Waals surface area contributed by atoms with Crippen LogP contribution >= 0.6 is 0 Å². The molecule has 0 bridgehead atoms. The Morgan fingerprint density at radius 3 is 2.09 bits per heavy atom. The molecule has 0 saturated carbocycles. The molecule has 2 aromatic carbocycles.